The van der Waals surface area contributed by atoms with Crippen LogP contribution >= 0.6 is 0 Å². The molecular formula is C14H25N5O3S. The molecule has 8 nitrogen and oxygen atoms in total. The van der Waals surface area contributed by atoms with Crippen LogP contribution in [-0.4, -0.2) is 60.7 Å². The first kappa shape index (κ1) is 17.9. The van der Waals surface area contributed by atoms with Crippen LogP contribution in [0.25, 0.3) is 0 Å². The molecule has 0 bridgehead atoms. The van der Waals surface area contributed by atoms with Gasteiger partial charge >= 0.3 is 0 Å². The van der Waals surface area contributed by atoms with E-state index in [1.54, 1.807) is 32.7 Å². The van der Waals surface area contributed by atoms with Gasteiger partial charge in [0.25, 0.3) is 0 Å². The minimum Gasteiger partial charge on any atom is -0.338 e. The molecule has 0 aromatic carbocycles. The Hall–Kier alpha value is -1.45. The zero-order valence-corrected chi connectivity index (χ0v) is 15.1. The average molecular weight is 343 g/mol. The number of sulfonamides is 1. The third-order valence-electron chi connectivity index (χ3n) is 4.09. The quantitative estimate of drug-likeness (QED) is 0.770. The monoisotopic (exact) mass is 343 g/mol. The Kier molecular flexibility index (Phi) is 5.12. The Morgan fingerprint density at radius 3 is 2.61 bits per heavy atom. The average Bonchev–Trinajstić information content (AvgIpc) is 2.71. The molecular weight excluding hydrogens is 318 g/mol. The third kappa shape index (κ3) is 3.73. The Balaban J connectivity index is 2.15. The lowest BCUT2D eigenvalue weighted by atomic mass is 10.2. The number of carbonyl (C=O) groups is 1. The van der Waals surface area contributed by atoms with Gasteiger partial charge in [0.05, 0.1) is 17.4 Å². The molecule has 1 aromatic heterocycles. The van der Waals surface area contributed by atoms with E-state index < -0.39 is 16.1 Å². The van der Waals surface area contributed by atoms with Crippen LogP contribution in [0.2, 0.25) is 0 Å². The van der Waals surface area contributed by atoms with Crippen molar-refractivity contribution in [3.63, 3.8) is 0 Å². The zero-order valence-electron chi connectivity index (χ0n) is 14.3. The molecule has 1 aliphatic heterocycles. The maximum atomic E-state index is 12.6. The van der Waals surface area contributed by atoms with E-state index in [-0.39, 0.29) is 16.8 Å². The summed E-state index contributed by atoms with van der Waals surface area (Å²) in [5, 5.41) is 7.38. The van der Waals surface area contributed by atoms with E-state index in [4.69, 9.17) is 0 Å². The van der Waals surface area contributed by atoms with Crippen LogP contribution in [0.4, 0.5) is 0 Å². The first-order valence-electron chi connectivity index (χ1n) is 7.68. The van der Waals surface area contributed by atoms with Gasteiger partial charge in [-0.2, -0.15) is 9.82 Å². The maximum Gasteiger partial charge on any atom is 0.244 e. The molecule has 23 heavy (non-hydrogen) atoms. The molecule has 1 aliphatic rings. The van der Waals surface area contributed by atoms with Crippen LogP contribution in [0, 0.1) is 13.8 Å². The van der Waals surface area contributed by atoms with Crippen LogP contribution < -0.4 is 10.0 Å². The van der Waals surface area contributed by atoms with Crippen molar-refractivity contribution in [2.45, 2.75) is 44.7 Å². The van der Waals surface area contributed by atoms with E-state index in [2.05, 4.69) is 15.1 Å². The molecule has 9 heteroatoms. The Labute approximate surface area is 137 Å². The van der Waals surface area contributed by atoms with Gasteiger partial charge in [0.1, 0.15) is 4.90 Å². The van der Waals surface area contributed by atoms with E-state index in [9.17, 15) is 13.2 Å². The number of hydrogen-bond acceptors (Lipinski definition) is 5. The maximum absolute atomic E-state index is 12.6. The molecule has 1 amide bonds. The SMILES string of the molecule is Cc1nn(C)c(C)c1S(=O)(=O)NC(C)C(=O)N1CCNC(C)C1. The topological polar surface area (TPSA) is 96.3 Å². The summed E-state index contributed by atoms with van der Waals surface area (Å²) >= 11 is 0. The number of carbonyl (C=O) groups excluding carboxylic acids is 1. The highest BCUT2D eigenvalue weighted by Gasteiger charge is 2.30. The fourth-order valence-corrected chi connectivity index (χ4v) is 4.53. The van der Waals surface area contributed by atoms with Crippen molar-refractivity contribution in [3.05, 3.63) is 11.4 Å². The van der Waals surface area contributed by atoms with E-state index in [0.717, 1.165) is 0 Å². The van der Waals surface area contributed by atoms with Gasteiger partial charge in [0.2, 0.25) is 15.9 Å². The minimum absolute atomic E-state index is 0.147. The number of amides is 1. The van der Waals surface area contributed by atoms with Crippen molar-refractivity contribution in [1.29, 1.82) is 0 Å². The van der Waals surface area contributed by atoms with Crippen LogP contribution in [0.3, 0.4) is 0 Å². The number of piperazine rings is 1. The fourth-order valence-electron chi connectivity index (χ4n) is 2.89. The second-order valence-electron chi connectivity index (χ2n) is 6.11. The standard InChI is InChI=1S/C14H25N5O3S/c1-9-8-19(7-6-15-9)14(20)11(3)17-23(21,22)13-10(2)16-18(5)12(13)4/h9,11,15,17H,6-8H2,1-5H3. The second-order valence-corrected chi connectivity index (χ2v) is 7.76. The molecule has 0 spiro atoms. The van der Waals surface area contributed by atoms with Crippen LogP contribution in [0.5, 0.6) is 0 Å². The number of aryl methyl sites for hydroxylation is 2. The summed E-state index contributed by atoms with van der Waals surface area (Å²) in [4.78, 5) is 14.3. The van der Waals surface area contributed by atoms with Crippen molar-refractivity contribution in [3.8, 4) is 0 Å². The lowest BCUT2D eigenvalue weighted by Crippen LogP contribution is -2.56. The molecule has 0 radical (unpaired) electrons. The molecule has 2 rings (SSSR count). The number of hydrogen-bond donors (Lipinski definition) is 2. The van der Waals surface area contributed by atoms with Crippen LogP contribution in [0.15, 0.2) is 4.90 Å². The number of nitrogens with one attached hydrogen (secondary N) is 2. The Morgan fingerprint density at radius 1 is 1.43 bits per heavy atom. The number of nitrogens with zero attached hydrogens (tertiary/aromatic N) is 3. The van der Waals surface area contributed by atoms with Crippen molar-refractivity contribution < 1.29 is 13.2 Å². The van der Waals surface area contributed by atoms with Gasteiger partial charge in [-0.25, -0.2) is 8.42 Å². The number of rotatable bonds is 4. The van der Waals surface area contributed by atoms with Gasteiger partial charge in [-0.15, -0.1) is 0 Å². The van der Waals surface area contributed by atoms with E-state index in [0.29, 0.717) is 31.0 Å². The van der Waals surface area contributed by atoms with Gasteiger partial charge in [-0.1, -0.05) is 0 Å². The predicted molar refractivity (Wildman–Crippen MR) is 86.5 cm³/mol. The van der Waals surface area contributed by atoms with E-state index in [1.807, 2.05) is 6.92 Å². The summed E-state index contributed by atoms with van der Waals surface area (Å²) in [5.41, 5.74) is 0.971. The molecule has 2 heterocycles. The largest absolute Gasteiger partial charge is 0.338 e. The van der Waals surface area contributed by atoms with Crippen molar-refractivity contribution >= 4 is 15.9 Å². The summed E-state index contributed by atoms with van der Waals surface area (Å²) in [6.45, 7) is 8.79. The summed E-state index contributed by atoms with van der Waals surface area (Å²) in [6, 6.07) is -0.608. The smallest absolute Gasteiger partial charge is 0.244 e. The molecule has 130 valence electrons. The molecule has 2 unspecified atom stereocenters. The fraction of sp³-hybridized carbons (Fsp3) is 0.714. The van der Waals surface area contributed by atoms with Gasteiger partial charge < -0.3 is 10.2 Å². The van der Waals surface area contributed by atoms with Gasteiger partial charge in [0.15, 0.2) is 0 Å². The summed E-state index contributed by atoms with van der Waals surface area (Å²) < 4.78 is 29.2. The van der Waals surface area contributed by atoms with Crippen molar-refractivity contribution in [2.24, 2.45) is 7.05 Å². The minimum atomic E-state index is -3.79. The highest BCUT2D eigenvalue weighted by molar-refractivity contribution is 7.89. The summed E-state index contributed by atoms with van der Waals surface area (Å²) in [6.07, 6.45) is 0. The highest BCUT2D eigenvalue weighted by atomic mass is 32.2. The molecule has 0 saturated carbocycles. The molecule has 2 atom stereocenters. The first-order chi connectivity index (χ1) is 10.6. The van der Waals surface area contributed by atoms with Gasteiger partial charge in [-0.3, -0.25) is 9.48 Å². The highest BCUT2D eigenvalue weighted by Crippen LogP contribution is 2.19. The lowest BCUT2D eigenvalue weighted by Gasteiger charge is -2.33. The van der Waals surface area contributed by atoms with Crippen LogP contribution in [-0.2, 0) is 21.9 Å². The van der Waals surface area contributed by atoms with Gasteiger partial charge in [-0.05, 0) is 27.7 Å². The van der Waals surface area contributed by atoms with Gasteiger partial charge in [0, 0.05) is 32.7 Å². The second kappa shape index (κ2) is 6.58. The molecule has 1 aromatic rings. The van der Waals surface area contributed by atoms with Crippen LogP contribution in [0.1, 0.15) is 25.2 Å². The van der Waals surface area contributed by atoms with E-state index in [1.165, 1.54) is 4.68 Å². The predicted octanol–water partition coefficient (Wildman–Crippen LogP) is -0.476. The number of aromatic nitrogens is 2. The third-order valence-corrected chi connectivity index (χ3v) is 5.89. The lowest BCUT2D eigenvalue weighted by molar-refractivity contribution is -0.133. The zero-order chi connectivity index (χ0) is 17.4. The van der Waals surface area contributed by atoms with E-state index >= 15 is 0 Å². The van der Waals surface area contributed by atoms with Crippen molar-refractivity contribution in [1.82, 2.24) is 24.7 Å². The molecule has 2 N–H and O–H groups in total. The Bertz CT molecular complexity index is 698. The molecule has 0 aliphatic carbocycles. The van der Waals surface area contributed by atoms with Crippen molar-refractivity contribution in [2.75, 3.05) is 19.6 Å². The Morgan fingerprint density at radius 2 is 2.09 bits per heavy atom. The summed E-state index contributed by atoms with van der Waals surface area (Å²) in [7, 11) is -2.10. The summed E-state index contributed by atoms with van der Waals surface area (Å²) in [5.74, 6) is -0.207. The molecule has 1 saturated heterocycles. The normalized spacial score (nSPS) is 20.6. The molecule has 1 fully saturated rings. The first-order valence-corrected chi connectivity index (χ1v) is 9.16.